The lowest BCUT2D eigenvalue weighted by Gasteiger charge is -2.08. The molecule has 0 atom stereocenters. The summed E-state index contributed by atoms with van der Waals surface area (Å²) >= 11 is 11.5. The standard InChI is InChI=1S/C12H10ClNOS2/c1-7-9(13)3-2-4-10(7)14-12(15)11-5-8(16)6-17-11/h2-6,16H,1H3,(H,14,15). The van der Waals surface area contributed by atoms with Crippen LogP contribution in [0.5, 0.6) is 0 Å². The summed E-state index contributed by atoms with van der Waals surface area (Å²) in [4.78, 5) is 13.3. The first-order valence-corrected chi connectivity index (χ1v) is 6.62. The Labute approximate surface area is 114 Å². The molecule has 0 unspecified atom stereocenters. The molecule has 1 N–H and O–H groups in total. The summed E-state index contributed by atoms with van der Waals surface area (Å²) in [5.41, 5.74) is 1.60. The largest absolute Gasteiger partial charge is 0.321 e. The summed E-state index contributed by atoms with van der Waals surface area (Å²) in [6.07, 6.45) is 0. The van der Waals surface area contributed by atoms with E-state index in [4.69, 9.17) is 11.6 Å². The van der Waals surface area contributed by atoms with E-state index in [1.807, 2.05) is 24.4 Å². The van der Waals surface area contributed by atoms with Crippen molar-refractivity contribution in [2.75, 3.05) is 5.32 Å². The highest BCUT2D eigenvalue weighted by Crippen LogP contribution is 2.24. The molecule has 5 heteroatoms. The van der Waals surface area contributed by atoms with Gasteiger partial charge in [-0.15, -0.1) is 24.0 Å². The van der Waals surface area contributed by atoms with Gasteiger partial charge in [0.15, 0.2) is 0 Å². The van der Waals surface area contributed by atoms with Crippen LogP contribution in [0.15, 0.2) is 34.5 Å². The molecule has 0 bridgehead atoms. The molecule has 2 nitrogen and oxygen atoms in total. The van der Waals surface area contributed by atoms with E-state index in [1.54, 1.807) is 12.1 Å². The Kier molecular flexibility index (Phi) is 3.76. The molecule has 0 spiro atoms. The van der Waals surface area contributed by atoms with Gasteiger partial charge in [0.05, 0.1) is 4.88 Å². The number of rotatable bonds is 2. The smallest absolute Gasteiger partial charge is 0.265 e. The normalized spacial score (nSPS) is 10.3. The second-order valence-corrected chi connectivity index (χ2v) is 5.37. The number of hydrogen-bond donors (Lipinski definition) is 2. The Hall–Kier alpha value is -0.970. The Bertz CT molecular complexity index is 565. The Morgan fingerprint density at radius 3 is 2.88 bits per heavy atom. The summed E-state index contributed by atoms with van der Waals surface area (Å²) in [5.74, 6) is -0.138. The van der Waals surface area contributed by atoms with Crippen LogP contribution >= 0.6 is 35.6 Å². The highest BCUT2D eigenvalue weighted by Gasteiger charge is 2.10. The summed E-state index contributed by atoms with van der Waals surface area (Å²) in [7, 11) is 0. The fraction of sp³-hybridized carbons (Fsp3) is 0.0833. The van der Waals surface area contributed by atoms with Gasteiger partial charge in [-0.25, -0.2) is 0 Å². The van der Waals surface area contributed by atoms with Crippen molar-refractivity contribution < 1.29 is 4.79 Å². The number of hydrogen-bond acceptors (Lipinski definition) is 3. The van der Waals surface area contributed by atoms with Crippen LogP contribution < -0.4 is 5.32 Å². The van der Waals surface area contributed by atoms with E-state index in [0.717, 1.165) is 16.1 Å². The molecule has 0 saturated carbocycles. The highest BCUT2D eigenvalue weighted by atomic mass is 35.5. The van der Waals surface area contributed by atoms with Gasteiger partial charge in [0.25, 0.3) is 5.91 Å². The lowest BCUT2D eigenvalue weighted by molar-refractivity contribution is 0.103. The minimum atomic E-state index is -0.138. The maximum absolute atomic E-state index is 11.9. The lowest BCUT2D eigenvalue weighted by Crippen LogP contribution is -2.11. The molecule has 17 heavy (non-hydrogen) atoms. The minimum absolute atomic E-state index is 0.138. The number of carbonyl (C=O) groups excluding carboxylic acids is 1. The van der Waals surface area contributed by atoms with E-state index in [0.29, 0.717) is 9.90 Å². The van der Waals surface area contributed by atoms with Gasteiger partial charge in [0.1, 0.15) is 0 Å². The minimum Gasteiger partial charge on any atom is -0.321 e. The van der Waals surface area contributed by atoms with E-state index in [-0.39, 0.29) is 5.91 Å². The number of carbonyl (C=O) groups is 1. The van der Waals surface area contributed by atoms with Crippen molar-refractivity contribution in [3.05, 3.63) is 45.1 Å². The molecule has 0 fully saturated rings. The van der Waals surface area contributed by atoms with Gasteiger partial charge in [0.2, 0.25) is 0 Å². The Morgan fingerprint density at radius 2 is 2.24 bits per heavy atom. The van der Waals surface area contributed by atoms with E-state index < -0.39 is 0 Å². The maximum Gasteiger partial charge on any atom is 0.265 e. The summed E-state index contributed by atoms with van der Waals surface area (Å²) in [5, 5.41) is 5.30. The van der Waals surface area contributed by atoms with Crippen molar-refractivity contribution in [3.8, 4) is 0 Å². The SMILES string of the molecule is Cc1c(Cl)cccc1NC(=O)c1cc(S)cs1. The molecule has 1 heterocycles. The molecule has 0 saturated heterocycles. The van der Waals surface area contributed by atoms with Crippen LogP contribution in [0.25, 0.3) is 0 Å². The van der Waals surface area contributed by atoms with Crippen molar-refractivity contribution in [2.24, 2.45) is 0 Å². The molecule has 0 aliphatic rings. The summed E-state index contributed by atoms with van der Waals surface area (Å²) in [6, 6.07) is 7.17. The monoisotopic (exact) mass is 283 g/mol. The van der Waals surface area contributed by atoms with Crippen LogP contribution in [-0.4, -0.2) is 5.91 Å². The summed E-state index contributed by atoms with van der Waals surface area (Å²) < 4.78 is 0. The zero-order valence-electron chi connectivity index (χ0n) is 9.03. The number of thiol groups is 1. The van der Waals surface area contributed by atoms with Crippen molar-refractivity contribution >= 4 is 47.2 Å². The van der Waals surface area contributed by atoms with Crippen molar-refractivity contribution in [1.82, 2.24) is 0 Å². The predicted octanol–water partition coefficient (Wildman–Crippen LogP) is 4.25. The lowest BCUT2D eigenvalue weighted by atomic mass is 10.2. The third kappa shape index (κ3) is 2.83. The fourth-order valence-corrected chi connectivity index (χ4v) is 2.59. The molecule has 0 aliphatic heterocycles. The van der Waals surface area contributed by atoms with Gasteiger partial charge in [-0.3, -0.25) is 4.79 Å². The first-order chi connectivity index (χ1) is 8.08. The van der Waals surface area contributed by atoms with Crippen LogP contribution in [0, 0.1) is 6.92 Å². The number of thiophene rings is 1. The van der Waals surface area contributed by atoms with Gasteiger partial charge in [-0.2, -0.15) is 0 Å². The summed E-state index contributed by atoms with van der Waals surface area (Å²) in [6.45, 7) is 1.87. The van der Waals surface area contributed by atoms with Crippen LogP contribution in [0.2, 0.25) is 5.02 Å². The van der Waals surface area contributed by atoms with E-state index in [1.165, 1.54) is 11.3 Å². The quantitative estimate of drug-likeness (QED) is 0.793. The molecule has 0 aliphatic carbocycles. The Balaban J connectivity index is 2.21. The third-order valence-electron chi connectivity index (χ3n) is 2.33. The molecule has 2 rings (SSSR count). The number of anilines is 1. The van der Waals surface area contributed by atoms with E-state index in [9.17, 15) is 4.79 Å². The number of benzene rings is 1. The zero-order chi connectivity index (χ0) is 12.4. The van der Waals surface area contributed by atoms with Crippen molar-refractivity contribution in [1.29, 1.82) is 0 Å². The van der Waals surface area contributed by atoms with Crippen molar-refractivity contribution in [2.45, 2.75) is 11.8 Å². The van der Waals surface area contributed by atoms with Crippen LogP contribution in [0.1, 0.15) is 15.2 Å². The number of halogens is 1. The molecular weight excluding hydrogens is 274 g/mol. The average molecular weight is 284 g/mol. The Morgan fingerprint density at radius 1 is 1.47 bits per heavy atom. The number of nitrogens with one attached hydrogen (secondary N) is 1. The van der Waals surface area contributed by atoms with Gasteiger partial charge in [-0.05, 0) is 30.7 Å². The topological polar surface area (TPSA) is 29.1 Å². The van der Waals surface area contributed by atoms with Crippen LogP contribution in [0.4, 0.5) is 5.69 Å². The molecule has 1 aromatic carbocycles. The van der Waals surface area contributed by atoms with E-state index >= 15 is 0 Å². The molecular formula is C12H10ClNOS2. The zero-order valence-corrected chi connectivity index (χ0v) is 11.5. The van der Waals surface area contributed by atoms with Gasteiger partial charge < -0.3 is 5.32 Å². The van der Waals surface area contributed by atoms with Gasteiger partial charge >= 0.3 is 0 Å². The van der Waals surface area contributed by atoms with Crippen LogP contribution in [-0.2, 0) is 0 Å². The third-order valence-corrected chi connectivity index (χ3v) is 4.10. The molecule has 0 radical (unpaired) electrons. The maximum atomic E-state index is 11.9. The first-order valence-electron chi connectivity index (χ1n) is 4.92. The average Bonchev–Trinajstić information content (AvgIpc) is 2.72. The van der Waals surface area contributed by atoms with Gasteiger partial charge in [-0.1, -0.05) is 17.7 Å². The van der Waals surface area contributed by atoms with Crippen molar-refractivity contribution in [3.63, 3.8) is 0 Å². The molecule has 88 valence electrons. The second kappa shape index (κ2) is 5.12. The van der Waals surface area contributed by atoms with Crippen LogP contribution in [0.3, 0.4) is 0 Å². The second-order valence-electron chi connectivity index (χ2n) is 3.54. The first kappa shape index (κ1) is 12.5. The molecule has 1 aromatic heterocycles. The van der Waals surface area contributed by atoms with E-state index in [2.05, 4.69) is 17.9 Å². The molecule has 1 amide bonds. The van der Waals surface area contributed by atoms with Gasteiger partial charge in [0, 0.05) is 21.0 Å². The fourth-order valence-electron chi connectivity index (χ4n) is 1.37. The molecule has 2 aromatic rings. The highest BCUT2D eigenvalue weighted by molar-refractivity contribution is 7.80. The predicted molar refractivity (Wildman–Crippen MR) is 75.7 cm³/mol. The number of amides is 1.